The summed E-state index contributed by atoms with van der Waals surface area (Å²) in [5.74, 6) is -1.13. The van der Waals surface area contributed by atoms with Crippen molar-refractivity contribution in [1.82, 2.24) is 10.2 Å². The molecule has 1 atom stereocenters. The number of carbonyl (C=O) groups is 3. The molecule has 0 radical (unpaired) electrons. The van der Waals surface area contributed by atoms with Crippen LogP contribution in [0.25, 0.3) is 0 Å². The molecular weight excluding hydrogens is 274 g/mol. The predicted octanol–water partition coefficient (Wildman–Crippen LogP) is -0.447. The van der Waals surface area contributed by atoms with Gasteiger partial charge >= 0.3 is 5.97 Å². The van der Waals surface area contributed by atoms with Crippen molar-refractivity contribution in [2.75, 3.05) is 19.6 Å². The second kappa shape index (κ2) is 6.89. The van der Waals surface area contributed by atoms with E-state index in [4.69, 9.17) is 10.8 Å². The molecule has 2 aliphatic rings. The fourth-order valence-corrected chi connectivity index (χ4v) is 3.23. The summed E-state index contributed by atoms with van der Waals surface area (Å²) in [4.78, 5) is 36.8. The van der Waals surface area contributed by atoms with Crippen molar-refractivity contribution >= 4 is 17.8 Å². The standard InChI is InChI=1S/C14H23N3O4/c15-8-9-1-3-10(4-2-9)14(21)17-6-5-16-13(20)11(17)7-12(18)19/h9-11H,1-8,15H2,(H,16,20)(H,18,19). The Bertz CT molecular complexity index is 418. The summed E-state index contributed by atoms with van der Waals surface area (Å²) < 4.78 is 0. The molecule has 2 rings (SSSR count). The van der Waals surface area contributed by atoms with Crippen LogP contribution >= 0.6 is 0 Å². The van der Waals surface area contributed by atoms with Gasteiger partial charge < -0.3 is 21.1 Å². The predicted molar refractivity (Wildman–Crippen MR) is 75.3 cm³/mol. The zero-order valence-corrected chi connectivity index (χ0v) is 12.1. The number of carbonyl (C=O) groups excluding carboxylic acids is 2. The van der Waals surface area contributed by atoms with Gasteiger partial charge in [-0.05, 0) is 38.1 Å². The third-order valence-corrected chi connectivity index (χ3v) is 4.51. The van der Waals surface area contributed by atoms with Crippen LogP contribution in [0.15, 0.2) is 0 Å². The van der Waals surface area contributed by atoms with Crippen LogP contribution in [0, 0.1) is 11.8 Å². The smallest absolute Gasteiger partial charge is 0.305 e. The van der Waals surface area contributed by atoms with Crippen molar-refractivity contribution in [3.63, 3.8) is 0 Å². The summed E-state index contributed by atoms with van der Waals surface area (Å²) >= 11 is 0. The second-order valence-corrected chi connectivity index (χ2v) is 5.89. The quantitative estimate of drug-likeness (QED) is 0.651. The summed E-state index contributed by atoms with van der Waals surface area (Å²) in [5, 5.41) is 11.6. The number of hydrogen-bond acceptors (Lipinski definition) is 4. The topological polar surface area (TPSA) is 113 Å². The number of carboxylic acids is 1. The van der Waals surface area contributed by atoms with Crippen molar-refractivity contribution in [3.8, 4) is 0 Å². The number of carboxylic acid groups (broad SMARTS) is 1. The van der Waals surface area contributed by atoms with Crippen LogP contribution in [0.1, 0.15) is 32.1 Å². The largest absolute Gasteiger partial charge is 0.481 e. The minimum absolute atomic E-state index is 0.0772. The van der Waals surface area contributed by atoms with Gasteiger partial charge in [0.25, 0.3) is 0 Å². The summed E-state index contributed by atoms with van der Waals surface area (Å²) in [5.41, 5.74) is 5.65. The van der Waals surface area contributed by atoms with E-state index < -0.39 is 12.0 Å². The molecule has 0 aromatic rings. The summed E-state index contributed by atoms with van der Waals surface area (Å²) in [6.07, 6.45) is 3.07. The highest BCUT2D eigenvalue weighted by molar-refractivity contribution is 5.92. The average Bonchev–Trinajstić information content (AvgIpc) is 2.48. The van der Waals surface area contributed by atoms with E-state index in [2.05, 4.69) is 5.32 Å². The number of amides is 2. The van der Waals surface area contributed by atoms with Crippen LogP contribution < -0.4 is 11.1 Å². The van der Waals surface area contributed by atoms with E-state index in [1.54, 1.807) is 0 Å². The molecule has 2 amide bonds. The molecule has 2 fully saturated rings. The Morgan fingerprint density at radius 1 is 1.29 bits per heavy atom. The van der Waals surface area contributed by atoms with Crippen molar-refractivity contribution < 1.29 is 19.5 Å². The fraction of sp³-hybridized carbons (Fsp3) is 0.786. The van der Waals surface area contributed by atoms with E-state index in [1.165, 1.54) is 4.90 Å². The SMILES string of the molecule is NCC1CCC(C(=O)N2CCNC(=O)C2CC(=O)O)CC1. The zero-order chi connectivity index (χ0) is 15.4. The first-order chi connectivity index (χ1) is 10.0. The third-order valence-electron chi connectivity index (χ3n) is 4.51. The summed E-state index contributed by atoms with van der Waals surface area (Å²) in [7, 11) is 0. The molecule has 7 nitrogen and oxygen atoms in total. The molecule has 1 aliphatic carbocycles. The van der Waals surface area contributed by atoms with E-state index in [0.717, 1.165) is 25.7 Å². The van der Waals surface area contributed by atoms with Crippen LogP contribution in [0.3, 0.4) is 0 Å². The Morgan fingerprint density at radius 2 is 1.95 bits per heavy atom. The molecule has 21 heavy (non-hydrogen) atoms. The Balaban J connectivity index is 2.02. The van der Waals surface area contributed by atoms with E-state index in [0.29, 0.717) is 25.6 Å². The molecule has 0 aromatic carbocycles. The number of aliphatic carboxylic acids is 1. The monoisotopic (exact) mass is 297 g/mol. The second-order valence-electron chi connectivity index (χ2n) is 5.89. The zero-order valence-electron chi connectivity index (χ0n) is 12.1. The fourth-order valence-electron chi connectivity index (χ4n) is 3.23. The van der Waals surface area contributed by atoms with Gasteiger partial charge in [0, 0.05) is 19.0 Å². The van der Waals surface area contributed by atoms with Crippen LogP contribution in [-0.2, 0) is 14.4 Å². The van der Waals surface area contributed by atoms with Gasteiger partial charge in [0.15, 0.2) is 0 Å². The molecule has 4 N–H and O–H groups in total. The molecule has 1 heterocycles. The Labute approximate surface area is 123 Å². The number of nitrogens with one attached hydrogen (secondary N) is 1. The molecule has 0 aromatic heterocycles. The Morgan fingerprint density at radius 3 is 2.52 bits per heavy atom. The average molecular weight is 297 g/mol. The van der Waals surface area contributed by atoms with Gasteiger partial charge in [0.05, 0.1) is 6.42 Å². The minimum atomic E-state index is -1.07. The van der Waals surface area contributed by atoms with Gasteiger partial charge in [-0.2, -0.15) is 0 Å². The maximum absolute atomic E-state index is 12.6. The highest BCUT2D eigenvalue weighted by atomic mass is 16.4. The number of nitrogens with zero attached hydrogens (tertiary/aromatic N) is 1. The first kappa shape index (κ1) is 15.8. The van der Waals surface area contributed by atoms with Crippen molar-refractivity contribution in [2.45, 2.75) is 38.1 Å². The van der Waals surface area contributed by atoms with E-state index in [1.807, 2.05) is 0 Å². The molecule has 1 saturated heterocycles. The van der Waals surface area contributed by atoms with Gasteiger partial charge in [0.1, 0.15) is 6.04 Å². The van der Waals surface area contributed by atoms with Gasteiger partial charge in [-0.1, -0.05) is 0 Å². The summed E-state index contributed by atoms with van der Waals surface area (Å²) in [6, 6.07) is -0.879. The lowest BCUT2D eigenvalue weighted by Crippen LogP contribution is -2.59. The van der Waals surface area contributed by atoms with Gasteiger partial charge in [-0.15, -0.1) is 0 Å². The molecule has 7 heteroatoms. The highest BCUT2D eigenvalue weighted by Crippen LogP contribution is 2.30. The van der Waals surface area contributed by atoms with Crippen LogP contribution in [0.5, 0.6) is 0 Å². The normalized spacial score (nSPS) is 29.9. The number of nitrogens with two attached hydrogens (primary N) is 1. The molecule has 1 unspecified atom stereocenters. The Kier molecular flexibility index (Phi) is 5.17. The number of hydrogen-bond donors (Lipinski definition) is 3. The third kappa shape index (κ3) is 3.72. The number of rotatable bonds is 4. The van der Waals surface area contributed by atoms with Gasteiger partial charge in [-0.3, -0.25) is 14.4 Å². The molecule has 0 bridgehead atoms. The first-order valence-electron chi connectivity index (χ1n) is 7.53. The Hall–Kier alpha value is -1.63. The maximum atomic E-state index is 12.6. The molecule has 1 aliphatic heterocycles. The van der Waals surface area contributed by atoms with E-state index in [-0.39, 0.29) is 24.2 Å². The maximum Gasteiger partial charge on any atom is 0.305 e. The molecular formula is C14H23N3O4. The first-order valence-corrected chi connectivity index (χ1v) is 7.53. The summed E-state index contributed by atoms with van der Waals surface area (Å²) in [6.45, 7) is 1.42. The van der Waals surface area contributed by atoms with Gasteiger partial charge in [-0.25, -0.2) is 0 Å². The van der Waals surface area contributed by atoms with Crippen LogP contribution in [-0.4, -0.2) is 53.5 Å². The van der Waals surface area contributed by atoms with Gasteiger partial charge in [0.2, 0.25) is 11.8 Å². The lowest BCUT2D eigenvalue weighted by Gasteiger charge is -2.38. The minimum Gasteiger partial charge on any atom is -0.481 e. The lowest BCUT2D eigenvalue weighted by atomic mass is 9.81. The molecule has 1 saturated carbocycles. The van der Waals surface area contributed by atoms with E-state index in [9.17, 15) is 14.4 Å². The van der Waals surface area contributed by atoms with E-state index >= 15 is 0 Å². The van der Waals surface area contributed by atoms with Crippen molar-refractivity contribution in [1.29, 1.82) is 0 Å². The molecule has 0 spiro atoms. The highest BCUT2D eigenvalue weighted by Gasteiger charge is 2.38. The van der Waals surface area contributed by atoms with Crippen LogP contribution in [0.2, 0.25) is 0 Å². The number of piperazine rings is 1. The molecule has 118 valence electrons. The van der Waals surface area contributed by atoms with Crippen molar-refractivity contribution in [2.24, 2.45) is 17.6 Å². The van der Waals surface area contributed by atoms with Crippen molar-refractivity contribution in [3.05, 3.63) is 0 Å². The van der Waals surface area contributed by atoms with Crippen LogP contribution in [0.4, 0.5) is 0 Å². The lowest BCUT2D eigenvalue weighted by molar-refractivity contribution is -0.151.